The number of nitrogens with zero attached hydrogens (tertiary/aromatic N) is 2. The lowest BCUT2D eigenvalue weighted by Gasteiger charge is -2.08. The molecule has 0 saturated heterocycles. The van der Waals surface area contributed by atoms with E-state index in [1.165, 1.54) is 6.92 Å². The largest absolute Gasteiger partial charge is 0.354 e. The van der Waals surface area contributed by atoms with Crippen molar-refractivity contribution in [2.45, 2.75) is 6.92 Å². The molecular formula is C28H22N4O3. The molecule has 0 radical (unpaired) electrons. The molecule has 0 bridgehead atoms. The molecule has 1 amide bonds. The first-order valence-corrected chi connectivity index (χ1v) is 10.9. The third kappa shape index (κ3) is 5.72. The monoisotopic (exact) mass is 462 g/mol. The van der Waals surface area contributed by atoms with E-state index in [-0.39, 0.29) is 17.1 Å². The smallest absolute Gasteiger partial charge is 0.255 e. The molecule has 0 aliphatic rings. The van der Waals surface area contributed by atoms with Crippen molar-refractivity contribution in [3.05, 3.63) is 125 Å². The number of rotatable bonds is 4. The topological polar surface area (TPSA) is 105 Å². The number of para-hydroxylation sites is 2. The van der Waals surface area contributed by atoms with Gasteiger partial charge in [-0.1, -0.05) is 24.3 Å². The van der Waals surface area contributed by atoms with Crippen molar-refractivity contribution in [2.24, 2.45) is 0 Å². The maximum atomic E-state index is 11.9. The van der Waals surface area contributed by atoms with Gasteiger partial charge in [0.15, 0.2) is 11.2 Å². The number of benzene rings is 2. The molecule has 35 heavy (non-hydrogen) atoms. The van der Waals surface area contributed by atoms with E-state index in [1.807, 2.05) is 36.4 Å². The van der Waals surface area contributed by atoms with Gasteiger partial charge in [-0.05, 0) is 55.5 Å². The van der Waals surface area contributed by atoms with Gasteiger partial charge in [0, 0.05) is 64.1 Å². The maximum Gasteiger partial charge on any atom is 0.255 e. The number of carbonyl (C=O) groups is 2. The molecule has 0 aliphatic heterocycles. The maximum absolute atomic E-state index is 11.9. The number of hydrogen-bond acceptors (Lipinski definition) is 5. The number of fused-ring (bicyclic) bond motifs is 1. The Labute approximate surface area is 201 Å². The molecule has 0 aliphatic carbocycles. The number of pyridine rings is 3. The van der Waals surface area contributed by atoms with Crippen LogP contribution in [-0.4, -0.2) is 26.6 Å². The van der Waals surface area contributed by atoms with Gasteiger partial charge in [0.1, 0.15) is 0 Å². The summed E-state index contributed by atoms with van der Waals surface area (Å²) in [5, 5.41) is 3.43. The third-order valence-electron chi connectivity index (χ3n) is 5.23. The second-order valence-electron chi connectivity index (χ2n) is 7.62. The van der Waals surface area contributed by atoms with Crippen molar-refractivity contribution in [1.29, 1.82) is 0 Å². The number of aromatic amines is 1. The Balaban J connectivity index is 0.000000165. The minimum absolute atomic E-state index is 0.0335. The summed E-state index contributed by atoms with van der Waals surface area (Å²) >= 11 is 0. The molecule has 0 spiro atoms. The lowest BCUT2D eigenvalue weighted by molar-refractivity contribution is 0.101. The number of H-pyrrole nitrogens is 1. The van der Waals surface area contributed by atoms with Crippen LogP contribution in [0.25, 0.3) is 22.2 Å². The first-order valence-electron chi connectivity index (χ1n) is 10.9. The highest BCUT2D eigenvalue weighted by atomic mass is 16.2. The van der Waals surface area contributed by atoms with Gasteiger partial charge in [0.2, 0.25) is 0 Å². The highest BCUT2D eigenvalue weighted by molar-refractivity contribution is 6.08. The van der Waals surface area contributed by atoms with E-state index in [2.05, 4.69) is 20.3 Å². The van der Waals surface area contributed by atoms with Crippen molar-refractivity contribution in [3.8, 4) is 11.3 Å². The van der Waals surface area contributed by atoms with Gasteiger partial charge in [-0.15, -0.1) is 0 Å². The molecule has 2 N–H and O–H groups in total. The number of amides is 1. The fourth-order valence-corrected chi connectivity index (χ4v) is 3.48. The second kappa shape index (κ2) is 10.8. The predicted octanol–water partition coefficient (Wildman–Crippen LogP) is 5.13. The highest BCUT2D eigenvalue weighted by Crippen LogP contribution is 2.18. The molecule has 7 heteroatoms. The summed E-state index contributed by atoms with van der Waals surface area (Å²) in [5.74, 6) is -0.341. The SMILES string of the molecule is CC(=O)c1ccccc1NC(=O)c1ccncc1.O=c1cc(-c2ccncc2)[nH]c2ccccc12. The van der Waals surface area contributed by atoms with Crippen LogP contribution in [-0.2, 0) is 0 Å². The summed E-state index contributed by atoms with van der Waals surface area (Å²) in [7, 11) is 0. The normalized spacial score (nSPS) is 10.2. The summed E-state index contributed by atoms with van der Waals surface area (Å²) in [6.07, 6.45) is 6.52. The van der Waals surface area contributed by atoms with Crippen LogP contribution in [0, 0.1) is 0 Å². The van der Waals surface area contributed by atoms with Crippen LogP contribution in [0.4, 0.5) is 5.69 Å². The Morgan fingerprint density at radius 1 is 0.800 bits per heavy atom. The fourth-order valence-electron chi connectivity index (χ4n) is 3.48. The second-order valence-corrected chi connectivity index (χ2v) is 7.62. The Bertz CT molecular complexity index is 1530. The average molecular weight is 463 g/mol. The summed E-state index contributed by atoms with van der Waals surface area (Å²) < 4.78 is 0. The molecule has 5 aromatic rings. The van der Waals surface area contributed by atoms with Gasteiger partial charge in [-0.3, -0.25) is 24.4 Å². The molecular weight excluding hydrogens is 440 g/mol. The summed E-state index contributed by atoms with van der Waals surface area (Å²) in [4.78, 5) is 46.4. The molecule has 0 atom stereocenters. The first kappa shape index (κ1) is 23.3. The molecule has 5 rings (SSSR count). The van der Waals surface area contributed by atoms with Gasteiger partial charge in [0.05, 0.1) is 5.69 Å². The van der Waals surface area contributed by atoms with Gasteiger partial charge < -0.3 is 10.3 Å². The quantitative estimate of drug-likeness (QED) is 0.361. The Morgan fingerprint density at radius 3 is 2.14 bits per heavy atom. The van der Waals surface area contributed by atoms with Crippen LogP contribution < -0.4 is 10.7 Å². The van der Waals surface area contributed by atoms with Crippen LogP contribution in [0.1, 0.15) is 27.6 Å². The lowest BCUT2D eigenvalue weighted by Crippen LogP contribution is -2.14. The van der Waals surface area contributed by atoms with Crippen molar-refractivity contribution in [2.75, 3.05) is 5.32 Å². The predicted molar refractivity (Wildman–Crippen MR) is 136 cm³/mol. The van der Waals surface area contributed by atoms with E-state index in [0.29, 0.717) is 22.2 Å². The van der Waals surface area contributed by atoms with E-state index >= 15 is 0 Å². The van der Waals surface area contributed by atoms with Crippen LogP contribution in [0.2, 0.25) is 0 Å². The van der Waals surface area contributed by atoms with Crippen molar-refractivity contribution < 1.29 is 9.59 Å². The number of anilines is 1. The van der Waals surface area contributed by atoms with Crippen LogP contribution in [0.3, 0.4) is 0 Å². The number of hydrogen-bond donors (Lipinski definition) is 2. The fraction of sp³-hybridized carbons (Fsp3) is 0.0357. The van der Waals surface area contributed by atoms with E-state index in [9.17, 15) is 14.4 Å². The third-order valence-corrected chi connectivity index (χ3v) is 5.23. The lowest BCUT2D eigenvalue weighted by atomic mass is 10.1. The molecule has 7 nitrogen and oxygen atoms in total. The molecule has 0 unspecified atom stereocenters. The Hall–Kier alpha value is -4.91. The minimum atomic E-state index is -0.258. The van der Waals surface area contributed by atoms with Crippen LogP contribution in [0.15, 0.2) is 108 Å². The summed E-state index contributed by atoms with van der Waals surface area (Å²) in [5.41, 5.74) is 4.19. The average Bonchev–Trinajstić information content (AvgIpc) is 2.90. The summed E-state index contributed by atoms with van der Waals surface area (Å²) in [6, 6.07) is 23.0. The van der Waals surface area contributed by atoms with Gasteiger partial charge in [-0.25, -0.2) is 0 Å². The van der Waals surface area contributed by atoms with Crippen LogP contribution in [0.5, 0.6) is 0 Å². The van der Waals surface area contributed by atoms with Crippen LogP contribution >= 0.6 is 0 Å². The van der Waals surface area contributed by atoms with E-state index < -0.39 is 0 Å². The Morgan fingerprint density at radius 2 is 1.43 bits per heavy atom. The van der Waals surface area contributed by atoms with E-state index in [0.717, 1.165) is 16.8 Å². The first-order chi connectivity index (χ1) is 17.0. The van der Waals surface area contributed by atoms with Gasteiger partial charge in [-0.2, -0.15) is 0 Å². The number of aromatic nitrogens is 3. The highest BCUT2D eigenvalue weighted by Gasteiger charge is 2.10. The summed E-state index contributed by atoms with van der Waals surface area (Å²) in [6.45, 7) is 1.47. The molecule has 3 aromatic heterocycles. The Kier molecular flexibility index (Phi) is 7.18. The molecule has 0 fully saturated rings. The van der Waals surface area contributed by atoms with Crippen molar-refractivity contribution in [1.82, 2.24) is 15.0 Å². The molecule has 2 aromatic carbocycles. The zero-order chi connectivity index (χ0) is 24.6. The molecule has 3 heterocycles. The zero-order valence-electron chi connectivity index (χ0n) is 18.9. The molecule has 0 saturated carbocycles. The number of ketones is 1. The number of Topliss-reactive ketones (excluding diaryl/α,β-unsaturated/α-hetero) is 1. The standard InChI is InChI=1S/C14H12N2O2.C14H10N2O/c1-10(17)12-4-2-3-5-13(12)16-14(18)11-6-8-15-9-7-11;17-14-9-13(10-5-7-15-8-6-10)16-12-4-2-1-3-11(12)14/h2-9H,1H3,(H,16,18);1-9H,(H,16,17). The van der Waals surface area contributed by atoms with E-state index in [1.54, 1.807) is 67.3 Å². The zero-order valence-corrected chi connectivity index (χ0v) is 18.9. The minimum Gasteiger partial charge on any atom is -0.354 e. The number of carbonyl (C=O) groups excluding carboxylic acids is 2. The van der Waals surface area contributed by atoms with E-state index in [4.69, 9.17) is 0 Å². The molecule has 172 valence electrons. The van der Waals surface area contributed by atoms with Crippen molar-refractivity contribution in [3.63, 3.8) is 0 Å². The number of nitrogens with one attached hydrogen (secondary N) is 2. The van der Waals surface area contributed by atoms with Crippen molar-refractivity contribution >= 4 is 28.3 Å². The van der Waals surface area contributed by atoms with Gasteiger partial charge >= 0.3 is 0 Å². The van der Waals surface area contributed by atoms with Gasteiger partial charge in [0.25, 0.3) is 5.91 Å².